The predicted octanol–water partition coefficient (Wildman–Crippen LogP) is 3.80. The standard InChI is InChI=1S/C16H19NO2/c1-11(2)14-5-4-12(3)8-16(14)19-15-6-7-17-9-13(15)10-18/h4-9,11,18H,10H2,1-3H3. The van der Waals surface area contributed by atoms with Crippen molar-refractivity contribution in [3.8, 4) is 11.5 Å². The van der Waals surface area contributed by atoms with E-state index in [9.17, 15) is 5.11 Å². The van der Waals surface area contributed by atoms with Gasteiger partial charge in [-0.2, -0.15) is 0 Å². The molecule has 1 aromatic carbocycles. The first-order valence-corrected chi connectivity index (χ1v) is 6.44. The summed E-state index contributed by atoms with van der Waals surface area (Å²) in [5.41, 5.74) is 3.00. The van der Waals surface area contributed by atoms with E-state index in [4.69, 9.17) is 4.74 Å². The topological polar surface area (TPSA) is 42.4 Å². The first kappa shape index (κ1) is 13.6. The van der Waals surface area contributed by atoms with Gasteiger partial charge >= 0.3 is 0 Å². The second-order valence-corrected chi connectivity index (χ2v) is 4.94. The van der Waals surface area contributed by atoms with Crippen molar-refractivity contribution in [2.45, 2.75) is 33.3 Å². The van der Waals surface area contributed by atoms with Crippen molar-refractivity contribution in [3.63, 3.8) is 0 Å². The Balaban J connectivity index is 2.39. The molecule has 1 N–H and O–H groups in total. The van der Waals surface area contributed by atoms with Gasteiger partial charge in [-0.25, -0.2) is 0 Å². The molecule has 0 spiro atoms. The zero-order valence-electron chi connectivity index (χ0n) is 11.6. The number of rotatable bonds is 4. The third-order valence-corrected chi connectivity index (χ3v) is 3.04. The lowest BCUT2D eigenvalue weighted by Gasteiger charge is -2.16. The number of nitrogens with zero attached hydrogens (tertiary/aromatic N) is 1. The monoisotopic (exact) mass is 257 g/mol. The Bertz CT molecular complexity index is 564. The Morgan fingerprint density at radius 3 is 2.68 bits per heavy atom. The second kappa shape index (κ2) is 5.85. The first-order chi connectivity index (χ1) is 9.11. The number of hydrogen-bond donors (Lipinski definition) is 1. The molecule has 1 heterocycles. The van der Waals surface area contributed by atoms with Crippen molar-refractivity contribution in [2.24, 2.45) is 0 Å². The van der Waals surface area contributed by atoms with Crippen LogP contribution in [0.4, 0.5) is 0 Å². The third kappa shape index (κ3) is 3.12. The molecule has 0 saturated heterocycles. The molecule has 2 aromatic rings. The van der Waals surface area contributed by atoms with E-state index < -0.39 is 0 Å². The van der Waals surface area contributed by atoms with E-state index in [2.05, 4.69) is 31.0 Å². The van der Waals surface area contributed by atoms with Crippen molar-refractivity contribution in [3.05, 3.63) is 53.3 Å². The molecule has 0 saturated carbocycles. The van der Waals surface area contributed by atoms with Gasteiger partial charge in [0.15, 0.2) is 0 Å². The third-order valence-electron chi connectivity index (χ3n) is 3.04. The Kier molecular flexibility index (Phi) is 4.17. The Labute approximate surface area is 113 Å². The summed E-state index contributed by atoms with van der Waals surface area (Å²) in [4.78, 5) is 3.99. The van der Waals surface area contributed by atoms with Crippen LogP contribution >= 0.6 is 0 Å². The molecule has 100 valence electrons. The second-order valence-electron chi connectivity index (χ2n) is 4.94. The molecule has 0 radical (unpaired) electrons. The van der Waals surface area contributed by atoms with Crippen molar-refractivity contribution in [2.75, 3.05) is 0 Å². The predicted molar refractivity (Wildman–Crippen MR) is 75.5 cm³/mol. The van der Waals surface area contributed by atoms with Crippen LogP contribution in [-0.4, -0.2) is 10.1 Å². The van der Waals surface area contributed by atoms with Gasteiger partial charge in [0.2, 0.25) is 0 Å². The maximum atomic E-state index is 9.31. The van der Waals surface area contributed by atoms with Crippen molar-refractivity contribution in [1.29, 1.82) is 0 Å². The largest absolute Gasteiger partial charge is 0.457 e. The highest BCUT2D eigenvalue weighted by atomic mass is 16.5. The summed E-state index contributed by atoms with van der Waals surface area (Å²) in [6.45, 7) is 6.23. The lowest BCUT2D eigenvalue weighted by Crippen LogP contribution is -1.97. The summed E-state index contributed by atoms with van der Waals surface area (Å²) < 4.78 is 5.97. The van der Waals surface area contributed by atoms with Crippen LogP contribution in [0.5, 0.6) is 11.5 Å². The normalized spacial score (nSPS) is 10.8. The summed E-state index contributed by atoms with van der Waals surface area (Å²) in [6, 6.07) is 7.98. The molecule has 1 aromatic heterocycles. The lowest BCUT2D eigenvalue weighted by atomic mass is 10.0. The van der Waals surface area contributed by atoms with Crippen LogP contribution in [0.25, 0.3) is 0 Å². The van der Waals surface area contributed by atoms with E-state index >= 15 is 0 Å². The van der Waals surface area contributed by atoms with Crippen LogP contribution in [0.3, 0.4) is 0 Å². The van der Waals surface area contributed by atoms with Crippen molar-refractivity contribution in [1.82, 2.24) is 4.98 Å². The molecule has 0 atom stereocenters. The minimum atomic E-state index is -0.0774. The highest BCUT2D eigenvalue weighted by Gasteiger charge is 2.11. The summed E-state index contributed by atoms with van der Waals surface area (Å²) in [5.74, 6) is 1.89. The number of benzene rings is 1. The molecule has 19 heavy (non-hydrogen) atoms. The Hall–Kier alpha value is -1.87. The maximum Gasteiger partial charge on any atom is 0.136 e. The molecule has 0 amide bonds. The van der Waals surface area contributed by atoms with E-state index in [1.165, 1.54) is 0 Å². The molecule has 2 rings (SSSR count). The van der Waals surface area contributed by atoms with Gasteiger partial charge in [-0.05, 0) is 36.1 Å². The lowest BCUT2D eigenvalue weighted by molar-refractivity contribution is 0.276. The molecule has 0 unspecified atom stereocenters. The van der Waals surface area contributed by atoms with Gasteiger partial charge in [0, 0.05) is 18.0 Å². The van der Waals surface area contributed by atoms with E-state index in [1.807, 2.05) is 13.0 Å². The van der Waals surface area contributed by atoms with Gasteiger partial charge in [0.25, 0.3) is 0 Å². The number of pyridine rings is 1. The van der Waals surface area contributed by atoms with E-state index in [0.29, 0.717) is 17.2 Å². The average molecular weight is 257 g/mol. The van der Waals surface area contributed by atoms with E-state index in [0.717, 1.165) is 16.9 Å². The quantitative estimate of drug-likeness (QED) is 0.906. The molecule has 0 aliphatic heterocycles. The van der Waals surface area contributed by atoms with Crippen LogP contribution < -0.4 is 4.74 Å². The number of hydrogen-bond acceptors (Lipinski definition) is 3. The van der Waals surface area contributed by atoms with Crippen molar-refractivity contribution >= 4 is 0 Å². The number of aliphatic hydroxyl groups excluding tert-OH is 1. The SMILES string of the molecule is Cc1ccc(C(C)C)c(Oc2ccncc2CO)c1. The van der Waals surface area contributed by atoms with Gasteiger partial charge in [-0.3, -0.25) is 4.98 Å². The molecule has 0 fully saturated rings. The van der Waals surface area contributed by atoms with Crippen LogP contribution in [0, 0.1) is 6.92 Å². The van der Waals surface area contributed by atoms with Gasteiger partial charge in [0.05, 0.1) is 6.61 Å². The number of aryl methyl sites for hydroxylation is 1. The Morgan fingerprint density at radius 1 is 1.21 bits per heavy atom. The number of aromatic nitrogens is 1. The minimum Gasteiger partial charge on any atom is -0.457 e. The highest BCUT2D eigenvalue weighted by Crippen LogP contribution is 2.32. The average Bonchev–Trinajstić information content (AvgIpc) is 2.39. The molecular formula is C16H19NO2. The van der Waals surface area contributed by atoms with Crippen molar-refractivity contribution < 1.29 is 9.84 Å². The molecular weight excluding hydrogens is 238 g/mol. The molecule has 3 heteroatoms. The van der Waals surface area contributed by atoms with Crippen LogP contribution in [-0.2, 0) is 6.61 Å². The summed E-state index contributed by atoms with van der Waals surface area (Å²) in [7, 11) is 0. The van der Waals surface area contributed by atoms with E-state index in [-0.39, 0.29) is 6.61 Å². The smallest absolute Gasteiger partial charge is 0.136 e. The first-order valence-electron chi connectivity index (χ1n) is 6.44. The molecule has 3 nitrogen and oxygen atoms in total. The minimum absolute atomic E-state index is 0.0774. The van der Waals surface area contributed by atoms with Crippen LogP contribution in [0.1, 0.15) is 36.5 Å². The zero-order chi connectivity index (χ0) is 13.8. The maximum absolute atomic E-state index is 9.31. The summed E-state index contributed by atoms with van der Waals surface area (Å²) in [5, 5.41) is 9.31. The van der Waals surface area contributed by atoms with Crippen LogP contribution in [0.2, 0.25) is 0 Å². The molecule has 0 bridgehead atoms. The number of ether oxygens (including phenoxy) is 1. The van der Waals surface area contributed by atoms with E-state index in [1.54, 1.807) is 18.5 Å². The van der Waals surface area contributed by atoms with Gasteiger partial charge < -0.3 is 9.84 Å². The highest BCUT2D eigenvalue weighted by molar-refractivity contribution is 5.43. The number of aliphatic hydroxyl groups is 1. The van der Waals surface area contributed by atoms with Gasteiger partial charge in [0.1, 0.15) is 11.5 Å². The van der Waals surface area contributed by atoms with Gasteiger partial charge in [-0.15, -0.1) is 0 Å². The zero-order valence-corrected chi connectivity index (χ0v) is 11.6. The Morgan fingerprint density at radius 2 is 2.00 bits per heavy atom. The van der Waals surface area contributed by atoms with Crippen LogP contribution in [0.15, 0.2) is 36.7 Å². The molecule has 0 aliphatic carbocycles. The fourth-order valence-electron chi connectivity index (χ4n) is 1.96. The fourth-order valence-corrected chi connectivity index (χ4v) is 1.96. The molecule has 0 aliphatic rings. The summed E-state index contributed by atoms with van der Waals surface area (Å²) >= 11 is 0. The fraction of sp³-hybridized carbons (Fsp3) is 0.312. The summed E-state index contributed by atoms with van der Waals surface area (Å²) in [6.07, 6.45) is 3.29. The van der Waals surface area contributed by atoms with Gasteiger partial charge in [-0.1, -0.05) is 26.0 Å².